The van der Waals surface area contributed by atoms with Crippen LogP contribution in [0.5, 0.6) is 0 Å². The molecule has 0 aliphatic carbocycles. The molecule has 0 radical (unpaired) electrons. The first kappa shape index (κ1) is 15.1. The summed E-state index contributed by atoms with van der Waals surface area (Å²) in [5, 5.41) is 11.9. The lowest BCUT2D eigenvalue weighted by atomic mass is 10.1. The maximum absolute atomic E-state index is 13.0. The number of benzene rings is 1. The summed E-state index contributed by atoms with van der Waals surface area (Å²) in [5.74, 6) is -0.259. The van der Waals surface area contributed by atoms with Crippen molar-refractivity contribution in [3.63, 3.8) is 0 Å². The van der Waals surface area contributed by atoms with Crippen LogP contribution in [0.15, 0.2) is 22.7 Å². The van der Waals surface area contributed by atoms with Gasteiger partial charge in [0.15, 0.2) is 0 Å². The van der Waals surface area contributed by atoms with Crippen LogP contribution < -0.4 is 5.32 Å². The maximum Gasteiger partial charge on any atom is 0.258 e. The molecule has 1 N–H and O–H groups in total. The van der Waals surface area contributed by atoms with Gasteiger partial charge in [-0.05, 0) is 40.0 Å². The number of carbonyl (C=O) groups is 1. The van der Waals surface area contributed by atoms with E-state index < -0.39 is 5.82 Å². The summed E-state index contributed by atoms with van der Waals surface area (Å²) in [6.45, 7) is 4.19. The van der Waals surface area contributed by atoms with Crippen molar-refractivity contribution in [1.29, 1.82) is 0 Å². The van der Waals surface area contributed by atoms with Gasteiger partial charge in [-0.1, -0.05) is 25.2 Å². The van der Waals surface area contributed by atoms with Gasteiger partial charge in [0.1, 0.15) is 10.8 Å². The van der Waals surface area contributed by atoms with E-state index in [1.807, 2.05) is 0 Å². The zero-order valence-corrected chi connectivity index (χ0v) is 13.4. The van der Waals surface area contributed by atoms with Crippen molar-refractivity contribution in [2.24, 2.45) is 5.92 Å². The third-order valence-electron chi connectivity index (χ3n) is 2.45. The lowest BCUT2D eigenvalue weighted by molar-refractivity contribution is 0.102. The SMILES string of the molecule is CC(C)Cc1nnc(NC(=O)c2ccc(F)cc2Br)s1. The largest absolute Gasteiger partial charge is 0.296 e. The van der Waals surface area contributed by atoms with Gasteiger partial charge >= 0.3 is 0 Å². The zero-order valence-electron chi connectivity index (χ0n) is 11.0. The lowest BCUT2D eigenvalue weighted by Gasteiger charge is -2.03. The Morgan fingerprint density at radius 2 is 2.20 bits per heavy atom. The van der Waals surface area contributed by atoms with Crippen LogP contribution in [0, 0.1) is 11.7 Å². The number of halogens is 2. The van der Waals surface area contributed by atoms with Crippen molar-refractivity contribution >= 4 is 38.3 Å². The van der Waals surface area contributed by atoms with E-state index in [4.69, 9.17) is 0 Å². The Bertz CT molecular complexity index is 630. The molecule has 1 aromatic heterocycles. The van der Waals surface area contributed by atoms with Crippen molar-refractivity contribution in [3.05, 3.63) is 39.1 Å². The molecule has 1 heterocycles. The van der Waals surface area contributed by atoms with E-state index in [9.17, 15) is 9.18 Å². The van der Waals surface area contributed by atoms with Crippen molar-refractivity contribution in [2.75, 3.05) is 5.32 Å². The fraction of sp³-hybridized carbons (Fsp3) is 0.308. The van der Waals surface area contributed by atoms with Crippen LogP contribution in [0.25, 0.3) is 0 Å². The quantitative estimate of drug-likeness (QED) is 0.902. The minimum absolute atomic E-state index is 0.343. The molecule has 1 aromatic carbocycles. The van der Waals surface area contributed by atoms with E-state index in [0.717, 1.165) is 11.4 Å². The van der Waals surface area contributed by atoms with E-state index >= 15 is 0 Å². The fourth-order valence-electron chi connectivity index (χ4n) is 1.57. The number of nitrogens with one attached hydrogen (secondary N) is 1. The molecule has 20 heavy (non-hydrogen) atoms. The number of aromatic nitrogens is 2. The van der Waals surface area contributed by atoms with Gasteiger partial charge in [-0.15, -0.1) is 10.2 Å². The molecule has 0 spiro atoms. The first-order valence-electron chi connectivity index (χ1n) is 6.04. The number of hydrogen-bond donors (Lipinski definition) is 1. The van der Waals surface area contributed by atoms with Crippen LogP contribution in [0.1, 0.15) is 29.2 Å². The van der Waals surface area contributed by atoms with Crippen molar-refractivity contribution < 1.29 is 9.18 Å². The molecule has 0 bridgehead atoms. The monoisotopic (exact) mass is 357 g/mol. The van der Waals surface area contributed by atoms with Crippen LogP contribution >= 0.6 is 27.3 Å². The van der Waals surface area contributed by atoms with Gasteiger partial charge in [-0.2, -0.15) is 0 Å². The van der Waals surface area contributed by atoms with E-state index in [2.05, 4.69) is 45.3 Å². The molecule has 0 saturated carbocycles. The number of anilines is 1. The van der Waals surface area contributed by atoms with Crippen LogP contribution in [0.3, 0.4) is 0 Å². The molecule has 2 aromatic rings. The summed E-state index contributed by atoms with van der Waals surface area (Å²) in [6, 6.07) is 3.91. The highest BCUT2D eigenvalue weighted by molar-refractivity contribution is 9.10. The molecule has 106 valence electrons. The summed E-state index contributed by atoms with van der Waals surface area (Å²) < 4.78 is 13.4. The number of nitrogens with zero attached hydrogens (tertiary/aromatic N) is 2. The molecule has 0 aliphatic rings. The average molecular weight is 358 g/mol. The maximum atomic E-state index is 13.0. The Hall–Kier alpha value is -1.34. The predicted molar refractivity (Wildman–Crippen MR) is 80.5 cm³/mol. The summed E-state index contributed by atoms with van der Waals surface area (Å²) in [6.07, 6.45) is 0.827. The molecule has 0 unspecified atom stereocenters. The molecular formula is C13H13BrFN3OS. The summed E-state index contributed by atoms with van der Waals surface area (Å²) >= 11 is 4.52. The second kappa shape index (κ2) is 6.41. The molecule has 4 nitrogen and oxygen atoms in total. The van der Waals surface area contributed by atoms with Crippen LogP contribution in [-0.4, -0.2) is 16.1 Å². The molecule has 1 amide bonds. The highest BCUT2D eigenvalue weighted by Crippen LogP contribution is 2.22. The predicted octanol–water partition coefficient (Wildman–Crippen LogP) is 3.89. The third kappa shape index (κ3) is 3.83. The topological polar surface area (TPSA) is 54.9 Å². The number of carbonyl (C=O) groups excluding carboxylic acids is 1. The molecular weight excluding hydrogens is 345 g/mol. The van der Waals surface area contributed by atoms with Crippen LogP contribution in [-0.2, 0) is 6.42 Å². The summed E-state index contributed by atoms with van der Waals surface area (Å²) in [7, 11) is 0. The lowest BCUT2D eigenvalue weighted by Crippen LogP contribution is -2.12. The Labute approximate surface area is 128 Å². The van der Waals surface area contributed by atoms with Gasteiger partial charge in [-0.3, -0.25) is 10.1 Å². The van der Waals surface area contributed by atoms with E-state index in [1.165, 1.54) is 29.5 Å². The molecule has 0 saturated heterocycles. The Morgan fingerprint density at radius 1 is 1.45 bits per heavy atom. The minimum Gasteiger partial charge on any atom is -0.296 e. The highest BCUT2D eigenvalue weighted by atomic mass is 79.9. The third-order valence-corrected chi connectivity index (χ3v) is 3.96. The molecule has 2 rings (SSSR count). The second-order valence-electron chi connectivity index (χ2n) is 4.68. The zero-order chi connectivity index (χ0) is 14.7. The standard InChI is InChI=1S/C13H13BrFN3OS/c1-7(2)5-11-17-18-13(20-11)16-12(19)9-4-3-8(15)6-10(9)14/h3-4,6-7H,5H2,1-2H3,(H,16,18,19). The van der Waals surface area contributed by atoms with Crippen LogP contribution in [0.2, 0.25) is 0 Å². The second-order valence-corrected chi connectivity index (χ2v) is 6.59. The summed E-state index contributed by atoms with van der Waals surface area (Å²) in [4.78, 5) is 12.1. The molecule has 0 fully saturated rings. The van der Waals surface area contributed by atoms with Gasteiger partial charge in [0.2, 0.25) is 5.13 Å². The average Bonchev–Trinajstić information content (AvgIpc) is 2.75. The van der Waals surface area contributed by atoms with E-state index in [-0.39, 0.29) is 5.91 Å². The first-order chi connectivity index (χ1) is 9.45. The van der Waals surface area contributed by atoms with Crippen LogP contribution in [0.4, 0.5) is 9.52 Å². The highest BCUT2D eigenvalue weighted by Gasteiger charge is 2.14. The number of rotatable bonds is 4. The Morgan fingerprint density at radius 3 is 2.85 bits per heavy atom. The van der Waals surface area contributed by atoms with Gasteiger partial charge in [0.25, 0.3) is 5.91 Å². The number of hydrogen-bond acceptors (Lipinski definition) is 4. The number of amides is 1. The molecule has 7 heteroatoms. The van der Waals surface area contributed by atoms with E-state index in [0.29, 0.717) is 21.1 Å². The van der Waals surface area contributed by atoms with Gasteiger partial charge in [-0.25, -0.2) is 4.39 Å². The minimum atomic E-state index is -0.399. The smallest absolute Gasteiger partial charge is 0.258 e. The Balaban J connectivity index is 2.09. The van der Waals surface area contributed by atoms with Crippen molar-refractivity contribution in [1.82, 2.24) is 10.2 Å². The first-order valence-corrected chi connectivity index (χ1v) is 7.65. The Kier molecular flexibility index (Phi) is 4.82. The summed E-state index contributed by atoms with van der Waals surface area (Å²) in [5.41, 5.74) is 0.354. The van der Waals surface area contributed by atoms with Gasteiger partial charge in [0.05, 0.1) is 5.56 Å². The van der Waals surface area contributed by atoms with E-state index in [1.54, 1.807) is 0 Å². The molecule has 0 aliphatic heterocycles. The molecule has 0 atom stereocenters. The normalized spacial score (nSPS) is 10.8. The fourth-order valence-corrected chi connectivity index (χ4v) is 3.05. The van der Waals surface area contributed by atoms with Gasteiger partial charge in [0, 0.05) is 10.9 Å². The van der Waals surface area contributed by atoms with Crippen molar-refractivity contribution in [3.8, 4) is 0 Å². The van der Waals surface area contributed by atoms with Crippen molar-refractivity contribution in [2.45, 2.75) is 20.3 Å². The van der Waals surface area contributed by atoms with Gasteiger partial charge < -0.3 is 0 Å².